The van der Waals surface area contributed by atoms with Crippen LogP contribution in [0.1, 0.15) is 34.1 Å². The number of carbonyl (C=O) groups is 2. The summed E-state index contributed by atoms with van der Waals surface area (Å²) in [6.45, 7) is 8.27. The Morgan fingerprint density at radius 3 is 2.27 bits per heavy atom. The van der Waals surface area contributed by atoms with Crippen LogP contribution in [-0.2, 0) is 14.3 Å². The van der Waals surface area contributed by atoms with Gasteiger partial charge < -0.3 is 10.1 Å². The highest BCUT2D eigenvalue weighted by Crippen LogP contribution is 2.33. The molecule has 1 N–H and O–H groups in total. The topological polar surface area (TPSA) is 55.4 Å². The fourth-order valence-corrected chi connectivity index (χ4v) is 1.93. The average molecular weight is 215 g/mol. The van der Waals surface area contributed by atoms with E-state index in [4.69, 9.17) is 4.74 Å². The van der Waals surface area contributed by atoms with Gasteiger partial charge in [-0.05, 0) is 25.7 Å². The summed E-state index contributed by atoms with van der Waals surface area (Å²) >= 11 is 0. The molecule has 1 amide bonds. The van der Waals surface area contributed by atoms with Gasteiger partial charge in [-0.3, -0.25) is 9.59 Å². The Hall–Kier alpha value is -1.06. The minimum Gasteiger partial charge on any atom is -0.469 e. The van der Waals surface area contributed by atoms with E-state index in [0.717, 1.165) is 0 Å². The Kier molecular flexibility index (Phi) is 4.78. The molecular formula is C11H21NO3. The zero-order chi connectivity index (χ0) is 12.1. The molecule has 0 saturated heterocycles. The molecule has 0 saturated carbocycles. The molecule has 0 aliphatic rings. The van der Waals surface area contributed by atoms with Crippen LogP contribution in [0.15, 0.2) is 0 Å². The van der Waals surface area contributed by atoms with Crippen molar-refractivity contribution in [2.45, 2.75) is 34.1 Å². The number of nitrogens with one attached hydrogen (secondary N) is 1. The first-order chi connectivity index (χ1) is 6.75. The molecule has 0 spiro atoms. The maximum absolute atomic E-state index is 11.5. The first-order valence-corrected chi connectivity index (χ1v) is 5.01. The molecule has 0 aliphatic carbocycles. The first kappa shape index (κ1) is 13.9. The van der Waals surface area contributed by atoms with Crippen molar-refractivity contribution in [2.24, 2.45) is 10.8 Å². The third-order valence-corrected chi connectivity index (χ3v) is 2.32. The number of hydrogen-bond donors (Lipinski definition) is 1. The number of rotatable bonds is 6. The lowest BCUT2D eigenvalue weighted by molar-refractivity contribution is -0.152. The van der Waals surface area contributed by atoms with Crippen LogP contribution < -0.4 is 5.32 Å². The third kappa shape index (κ3) is 4.81. The van der Waals surface area contributed by atoms with Crippen LogP contribution in [0.5, 0.6) is 0 Å². The predicted octanol–water partition coefficient (Wildman–Crippen LogP) is 1.35. The molecule has 0 aromatic carbocycles. The summed E-state index contributed by atoms with van der Waals surface area (Å²) in [5.41, 5.74) is -0.651. The number of esters is 1. The smallest absolute Gasteiger partial charge is 0.311 e. The van der Waals surface area contributed by atoms with E-state index in [1.165, 1.54) is 7.11 Å². The Morgan fingerprint density at radius 1 is 1.33 bits per heavy atom. The van der Waals surface area contributed by atoms with Crippen molar-refractivity contribution in [1.29, 1.82) is 0 Å². The molecule has 0 bridgehead atoms. The number of methoxy groups -OCH3 is 1. The van der Waals surface area contributed by atoms with Crippen LogP contribution in [-0.4, -0.2) is 26.0 Å². The molecule has 0 aliphatic heterocycles. The molecule has 0 aromatic rings. The second-order valence-electron chi connectivity index (χ2n) is 5.22. The van der Waals surface area contributed by atoms with Crippen molar-refractivity contribution in [3.05, 3.63) is 0 Å². The quantitative estimate of drug-likeness (QED) is 0.537. The second-order valence-corrected chi connectivity index (χ2v) is 5.22. The molecule has 4 heteroatoms. The van der Waals surface area contributed by atoms with Crippen LogP contribution in [0, 0.1) is 10.8 Å². The van der Waals surface area contributed by atoms with E-state index in [-0.39, 0.29) is 11.4 Å². The van der Waals surface area contributed by atoms with Gasteiger partial charge in [-0.1, -0.05) is 13.8 Å². The van der Waals surface area contributed by atoms with Gasteiger partial charge >= 0.3 is 5.97 Å². The van der Waals surface area contributed by atoms with Gasteiger partial charge in [-0.2, -0.15) is 0 Å². The van der Waals surface area contributed by atoms with Crippen LogP contribution in [0.25, 0.3) is 0 Å². The molecule has 88 valence electrons. The molecule has 0 rings (SSSR count). The number of ether oxygens (including phenoxy) is 1. The van der Waals surface area contributed by atoms with E-state index in [0.29, 0.717) is 19.4 Å². The standard InChI is InChI=1S/C11H21NO3/c1-10(2,7-12-8-13)6-11(3,4)9(14)15-5/h8H,6-7H2,1-5H3,(H,12,13). The second kappa shape index (κ2) is 5.14. The van der Waals surface area contributed by atoms with Gasteiger partial charge in [-0.25, -0.2) is 0 Å². The Morgan fingerprint density at radius 2 is 1.87 bits per heavy atom. The van der Waals surface area contributed by atoms with Crippen LogP contribution in [0.2, 0.25) is 0 Å². The largest absolute Gasteiger partial charge is 0.469 e. The Bertz CT molecular complexity index is 234. The summed E-state index contributed by atoms with van der Waals surface area (Å²) in [5, 5.41) is 2.64. The molecule has 15 heavy (non-hydrogen) atoms. The summed E-state index contributed by atoms with van der Waals surface area (Å²) < 4.78 is 4.74. The lowest BCUT2D eigenvalue weighted by Crippen LogP contribution is -2.37. The van der Waals surface area contributed by atoms with E-state index in [1.54, 1.807) is 0 Å². The van der Waals surface area contributed by atoms with Gasteiger partial charge in [0.25, 0.3) is 0 Å². The summed E-state index contributed by atoms with van der Waals surface area (Å²) in [7, 11) is 1.39. The van der Waals surface area contributed by atoms with Gasteiger partial charge in [0.05, 0.1) is 12.5 Å². The molecular weight excluding hydrogens is 194 g/mol. The molecule has 0 unspecified atom stereocenters. The lowest BCUT2D eigenvalue weighted by Gasteiger charge is -2.32. The monoisotopic (exact) mass is 215 g/mol. The summed E-state index contributed by atoms with van der Waals surface area (Å²) in [6.07, 6.45) is 1.33. The highest BCUT2D eigenvalue weighted by Gasteiger charge is 2.35. The van der Waals surface area contributed by atoms with Crippen LogP contribution in [0.3, 0.4) is 0 Å². The molecule has 0 atom stereocenters. The average Bonchev–Trinajstić information content (AvgIpc) is 2.11. The molecule has 0 fully saturated rings. The van der Waals surface area contributed by atoms with E-state index in [9.17, 15) is 9.59 Å². The summed E-state index contributed by atoms with van der Waals surface area (Å²) in [5.74, 6) is -0.221. The van der Waals surface area contributed by atoms with Crippen molar-refractivity contribution in [2.75, 3.05) is 13.7 Å². The van der Waals surface area contributed by atoms with Crippen molar-refractivity contribution in [3.63, 3.8) is 0 Å². The Balaban J connectivity index is 4.41. The molecule has 0 radical (unpaired) electrons. The van der Waals surface area contributed by atoms with E-state index >= 15 is 0 Å². The Labute approximate surface area is 91.4 Å². The van der Waals surface area contributed by atoms with Gasteiger partial charge in [0.2, 0.25) is 6.41 Å². The van der Waals surface area contributed by atoms with Crippen LogP contribution >= 0.6 is 0 Å². The first-order valence-electron chi connectivity index (χ1n) is 5.01. The predicted molar refractivity (Wildman–Crippen MR) is 58.3 cm³/mol. The molecule has 0 heterocycles. The van der Waals surface area contributed by atoms with Gasteiger partial charge in [0.15, 0.2) is 0 Å². The maximum atomic E-state index is 11.5. The number of hydrogen-bond acceptors (Lipinski definition) is 3. The van der Waals surface area contributed by atoms with Crippen molar-refractivity contribution in [3.8, 4) is 0 Å². The van der Waals surface area contributed by atoms with E-state index < -0.39 is 5.41 Å². The fourth-order valence-electron chi connectivity index (χ4n) is 1.93. The maximum Gasteiger partial charge on any atom is 0.311 e. The highest BCUT2D eigenvalue weighted by atomic mass is 16.5. The number of carbonyl (C=O) groups excluding carboxylic acids is 2. The highest BCUT2D eigenvalue weighted by molar-refractivity contribution is 5.75. The molecule has 0 aromatic heterocycles. The third-order valence-electron chi connectivity index (χ3n) is 2.32. The number of amides is 1. The SMILES string of the molecule is COC(=O)C(C)(C)CC(C)(C)CNC=O. The minimum atomic E-state index is -0.525. The zero-order valence-electron chi connectivity index (χ0n) is 10.2. The zero-order valence-corrected chi connectivity index (χ0v) is 10.2. The van der Waals surface area contributed by atoms with Crippen molar-refractivity contribution in [1.82, 2.24) is 5.32 Å². The van der Waals surface area contributed by atoms with Crippen molar-refractivity contribution < 1.29 is 14.3 Å². The van der Waals surface area contributed by atoms with E-state index in [1.807, 2.05) is 27.7 Å². The summed E-state index contributed by atoms with van der Waals surface area (Å²) in [6, 6.07) is 0. The van der Waals surface area contributed by atoms with Gasteiger partial charge in [-0.15, -0.1) is 0 Å². The van der Waals surface area contributed by atoms with Gasteiger partial charge in [0.1, 0.15) is 0 Å². The van der Waals surface area contributed by atoms with E-state index in [2.05, 4.69) is 5.32 Å². The van der Waals surface area contributed by atoms with Crippen LogP contribution in [0.4, 0.5) is 0 Å². The van der Waals surface area contributed by atoms with Crippen molar-refractivity contribution >= 4 is 12.4 Å². The summed E-state index contributed by atoms with van der Waals surface area (Å²) in [4.78, 5) is 21.7. The molecule has 4 nitrogen and oxygen atoms in total. The van der Waals surface area contributed by atoms with Gasteiger partial charge in [0, 0.05) is 6.54 Å². The minimum absolute atomic E-state index is 0.126. The normalized spacial score (nSPS) is 12.1. The fraction of sp³-hybridized carbons (Fsp3) is 0.818. The lowest BCUT2D eigenvalue weighted by atomic mass is 9.75.